The van der Waals surface area contributed by atoms with Gasteiger partial charge in [0.1, 0.15) is 11.1 Å². The van der Waals surface area contributed by atoms with Crippen LogP contribution in [-0.2, 0) is 0 Å². The van der Waals surface area contributed by atoms with E-state index in [1.54, 1.807) is 61.0 Å². The van der Waals surface area contributed by atoms with Gasteiger partial charge >= 0.3 is 0 Å². The molecule has 0 atom stereocenters. The normalized spacial score (nSPS) is 10.9. The molecular weight excluding hydrogens is 515 g/mol. The molecule has 11 heteroatoms. The summed E-state index contributed by atoms with van der Waals surface area (Å²) in [7, 11) is 0. The van der Waals surface area contributed by atoms with Crippen LogP contribution < -0.4 is 11.1 Å². The predicted octanol–water partition coefficient (Wildman–Crippen LogP) is 5.17. The smallest absolute Gasteiger partial charge is 0.263 e. The number of H-pyrrole nitrogens is 2. The Kier molecular flexibility index (Phi) is 7.27. The van der Waals surface area contributed by atoms with Crippen molar-refractivity contribution in [1.29, 1.82) is 0 Å². The first-order valence-electron chi connectivity index (χ1n) is 9.76. The molecule has 7 nitrogen and oxygen atoms in total. The molecule has 0 fully saturated rings. The number of nitrogens with one attached hydrogen (secondary N) is 2. The second kappa shape index (κ2) is 10.2. The van der Waals surface area contributed by atoms with Crippen molar-refractivity contribution in [2.75, 3.05) is 12.5 Å². The second-order valence-electron chi connectivity index (χ2n) is 6.89. The minimum absolute atomic E-state index is 0.0714. The highest BCUT2D eigenvalue weighted by Gasteiger charge is 2.29. The first-order valence-corrected chi connectivity index (χ1v) is 13.0. The Morgan fingerprint density at radius 3 is 1.47 bits per heavy atom. The molecule has 2 heterocycles. The molecule has 0 aliphatic carbocycles. The highest BCUT2D eigenvalue weighted by atomic mass is 35.5. The lowest BCUT2D eigenvalue weighted by Gasteiger charge is -2.13. The number of thioether (sulfide) groups is 2. The second-order valence-corrected chi connectivity index (χ2v) is 9.29. The molecule has 0 amide bonds. The molecule has 172 valence electrons. The molecule has 0 aliphatic rings. The summed E-state index contributed by atoms with van der Waals surface area (Å²) >= 11 is 15.2. The number of rotatable bonds is 6. The minimum Gasteiger partial charge on any atom is -0.301 e. The third-order valence-electron chi connectivity index (χ3n) is 4.89. The van der Waals surface area contributed by atoms with Crippen molar-refractivity contribution in [3.8, 4) is 22.5 Å². The molecule has 34 heavy (non-hydrogen) atoms. The van der Waals surface area contributed by atoms with Crippen molar-refractivity contribution < 1.29 is 4.79 Å². The van der Waals surface area contributed by atoms with Crippen molar-refractivity contribution >= 4 is 52.5 Å². The Morgan fingerprint density at radius 1 is 0.735 bits per heavy atom. The third kappa shape index (κ3) is 4.56. The van der Waals surface area contributed by atoms with Crippen LogP contribution in [0.2, 0.25) is 10.0 Å². The Labute approximate surface area is 212 Å². The number of aromatic nitrogens is 4. The summed E-state index contributed by atoms with van der Waals surface area (Å²) in [5.74, 6) is -0.840. The summed E-state index contributed by atoms with van der Waals surface area (Å²) in [6.07, 6.45) is 3.48. The maximum Gasteiger partial charge on any atom is 0.263 e. The Hall–Kier alpha value is -2.85. The fourth-order valence-electron chi connectivity index (χ4n) is 3.34. The van der Waals surface area contributed by atoms with Crippen LogP contribution in [0.25, 0.3) is 22.5 Å². The van der Waals surface area contributed by atoms with Gasteiger partial charge in [0.2, 0.25) is 5.78 Å². The molecular formula is C23H16Cl2N4O3S2. The van der Waals surface area contributed by atoms with E-state index in [1.807, 2.05) is 0 Å². The molecule has 2 aromatic carbocycles. The average molecular weight is 531 g/mol. The van der Waals surface area contributed by atoms with Crippen molar-refractivity contribution in [3.05, 3.63) is 90.4 Å². The molecule has 2 N–H and O–H groups in total. The van der Waals surface area contributed by atoms with Crippen LogP contribution in [-0.4, -0.2) is 38.2 Å². The number of nitrogens with zero attached hydrogens (tertiary/aromatic N) is 2. The van der Waals surface area contributed by atoms with Crippen LogP contribution in [0.3, 0.4) is 0 Å². The molecule has 0 radical (unpaired) electrons. The first-order chi connectivity index (χ1) is 16.3. The fraction of sp³-hybridized carbons (Fsp3) is 0.0870. The Bertz CT molecular complexity index is 1420. The number of halogens is 2. The standard InChI is InChI=1S/C23H16Cl2N4O3S2/c1-33-22-26-17(11-7-3-5-9-13(11)24)15(20(31)28-22)19(30)16-18(12-8-4-6-10-14(12)25)27-23(34-2)29-21(16)32/h3-10H,1-2H3,(H,26,28,31)(H,27,29,32). The lowest BCUT2D eigenvalue weighted by atomic mass is 9.96. The van der Waals surface area contributed by atoms with Crippen molar-refractivity contribution in [2.24, 2.45) is 0 Å². The van der Waals surface area contributed by atoms with Gasteiger partial charge in [-0.15, -0.1) is 0 Å². The topological polar surface area (TPSA) is 109 Å². The van der Waals surface area contributed by atoms with Gasteiger partial charge < -0.3 is 9.97 Å². The van der Waals surface area contributed by atoms with E-state index in [0.717, 1.165) is 0 Å². The minimum atomic E-state index is -0.840. The van der Waals surface area contributed by atoms with E-state index in [0.29, 0.717) is 31.5 Å². The van der Waals surface area contributed by atoms with Crippen LogP contribution in [0.4, 0.5) is 0 Å². The first kappa shape index (κ1) is 24.3. The summed E-state index contributed by atoms with van der Waals surface area (Å²) in [5, 5.41) is 1.20. The number of aromatic amines is 2. The molecule has 0 aliphatic heterocycles. The average Bonchev–Trinajstić information content (AvgIpc) is 2.83. The summed E-state index contributed by atoms with van der Waals surface area (Å²) in [4.78, 5) is 54.2. The van der Waals surface area contributed by atoms with Gasteiger partial charge in [0.25, 0.3) is 11.1 Å². The monoisotopic (exact) mass is 530 g/mol. The van der Waals surface area contributed by atoms with Gasteiger partial charge in [-0.3, -0.25) is 14.4 Å². The summed E-state index contributed by atoms with van der Waals surface area (Å²) in [6, 6.07) is 13.4. The van der Waals surface area contributed by atoms with E-state index in [2.05, 4.69) is 19.9 Å². The van der Waals surface area contributed by atoms with E-state index < -0.39 is 16.9 Å². The molecule has 0 saturated carbocycles. The largest absolute Gasteiger partial charge is 0.301 e. The summed E-state index contributed by atoms with van der Waals surface area (Å²) in [6.45, 7) is 0. The van der Waals surface area contributed by atoms with Crippen molar-refractivity contribution in [1.82, 2.24) is 19.9 Å². The molecule has 0 spiro atoms. The molecule has 2 aromatic heterocycles. The van der Waals surface area contributed by atoms with Gasteiger partial charge in [-0.1, -0.05) is 83.1 Å². The van der Waals surface area contributed by atoms with Crippen LogP contribution in [0.15, 0.2) is 68.4 Å². The zero-order valence-corrected chi connectivity index (χ0v) is 21.0. The lowest BCUT2D eigenvalue weighted by Crippen LogP contribution is -2.28. The zero-order valence-electron chi connectivity index (χ0n) is 17.8. The van der Waals surface area contributed by atoms with Gasteiger partial charge in [0.15, 0.2) is 10.3 Å². The van der Waals surface area contributed by atoms with Gasteiger partial charge in [-0.05, 0) is 24.6 Å². The maximum absolute atomic E-state index is 13.9. The van der Waals surface area contributed by atoms with E-state index in [4.69, 9.17) is 23.2 Å². The predicted molar refractivity (Wildman–Crippen MR) is 138 cm³/mol. The SMILES string of the molecule is CSc1nc(-c2ccccc2Cl)c(C(=O)c2c(-c3ccccc3Cl)nc(SC)[nH]c2=O)c(=O)[nH]1. The molecule has 0 bridgehead atoms. The van der Waals surface area contributed by atoms with Crippen LogP contribution in [0, 0.1) is 0 Å². The Balaban J connectivity index is 2.05. The third-order valence-corrected chi connectivity index (χ3v) is 6.71. The van der Waals surface area contributed by atoms with Gasteiger partial charge in [0, 0.05) is 21.2 Å². The maximum atomic E-state index is 13.9. The highest BCUT2D eigenvalue weighted by molar-refractivity contribution is 7.98. The number of ketones is 1. The molecule has 4 aromatic rings. The van der Waals surface area contributed by atoms with Crippen LogP contribution in [0.5, 0.6) is 0 Å². The van der Waals surface area contributed by atoms with Crippen LogP contribution >= 0.6 is 46.7 Å². The van der Waals surface area contributed by atoms with Crippen molar-refractivity contribution in [3.63, 3.8) is 0 Å². The van der Waals surface area contributed by atoms with Gasteiger partial charge in [0.05, 0.1) is 11.4 Å². The highest BCUT2D eigenvalue weighted by Crippen LogP contribution is 2.32. The molecule has 0 saturated heterocycles. The van der Waals surface area contributed by atoms with E-state index >= 15 is 0 Å². The lowest BCUT2D eigenvalue weighted by molar-refractivity contribution is 0.103. The molecule has 0 unspecified atom stereocenters. The number of carbonyl (C=O) groups excluding carboxylic acids is 1. The van der Waals surface area contributed by atoms with E-state index in [-0.39, 0.29) is 22.5 Å². The van der Waals surface area contributed by atoms with Crippen molar-refractivity contribution in [2.45, 2.75) is 10.3 Å². The number of hydrogen-bond acceptors (Lipinski definition) is 7. The van der Waals surface area contributed by atoms with E-state index in [9.17, 15) is 14.4 Å². The number of carbonyl (C=O) groups is 1. The summed E-state index contributed by atoms with van der Waals surface area (Å²) in [5.41, 5.74) is -1.11. The fourth-order valence-corrected chi connectivity index (χ4v) is 4.55. The van der Waals surface area contributed by atoms with Gasteiger partial charge in [-0.2, -0.15) is 0 Å². The number of hydrogen-bond donors (Lipinski definition) is 2. The molecule has 4 rings (SSSR count). The van der Waals surface area contributed by atoms with E-state index in [1.165, 1.54) is 23.5 Å². The van der Waals surface area contributed by atoms with Crippen LogP contribution in [0.1, 0.15) is 15.9 Å². The summed E-state index contributed by atoms with van der Waals surface area (Å²) < 4.78 is 0. The quantitative estimate of drug-likeness (QED) is 0.201. The Morgan fingerprint density at radius 2 is 1.12 bits per heavy atom. The van der Waals surface area contributed by atoms with Gasteiger partial charge in [-0.25, -0.2) is 9.97 Å². The number of benzene rings is 2. The zero-order chi connectivity index (χ0) is 24.4.